The van der Waals surface area contributed by atoms with Crippen molar-refractivity contribution in [2.75, 3.05) is 5.48 Å². The molecule has 0 aliphatic heterocycles. The van der Waals surface area contributed by atoms with E-state index in [4.69, 9.17) is 4.84 Å². The number of nitrogens with one attached hydrogen (secondary N) is 1. The van der Waals surface area contributed by atoms with E-state index in [9.17, 15) is 4.79 Å². The maximum atomic E-state index is 11.4. The molecule has 0 atom stereocenters. The van der Waals surface area contributed by atoms with Crippen molar-refractivity contribution in [3.63, 3.8) is 0 Å². The van der Waals surface area contributed by atoms with E-state index in [1.807, 2.05) is 30.3 Å². The number of rotatable bonds is 8. The van der Waals surface area contributed by atoms with Crippen LogP contribution in [0.4, 0.5) is 5.69 Å². The molecule has 1 aromatic rings. The maximum absolute atomic E-state index is 11.4. The van der Waals surface area contributed by atoms with Gasteiger partial charge in [-0.25, -0.2) is 10.3 Å². The largest absolute Gasteiger partial charge is 0.343 e. The van der Waals surface area contributed by atoms with Gasteiger partial charge in [-0.1, -0.05) is 50.8 Å². The summed E-state index contributed by atoms with van der Waals surface area (Å²) in [6.07, 6.45) is 6.18. The lowest BCUT2D eigenvalue weighted by Crippen LogP contribution is -2.09. The van der Waals surface area contributed by atoms with Gasteiger partial charge in [0.2, 0.25) is 0 Å². The van der Waals surface area contributed by atoms with Gasteiger partial charge in [0.25, 0.3) is 0 Å². The predicted octanol–water partition coefficient (Wildman–Crippen LogP) is 3.92. The van der Waals surface area contributed by atoms with Crippen LogP contribution >= 0.6 is 0 Å². The molecule has 0 unspecified atom stereocenters. The third-order valence-electron chi connectivity index (χ3n) is 2.54. The molecule has 17 heavy (non-hydrogen) atoms. The Morgan fingerprint density at radius 2 is 1.82 bits per heavy atom. The average Bonchev–Trinajstić information content (AvgIpc) is 2.37. The summed E-state index contributed by atoms with van der Waals surface area (Å²) in [5.74, 6) is -0.189. The Labute approximate surface area is 103 Å². The molecule has 0 aliphatic carbocycles. The number of benzene rings is 1. The Hall–Kier alpha value is -1.51. The molecule has 0 saturated carbocycles. The fourth-order valence-electron chi connectivity index (χ4n) is 1.55. The highest BCUT2D eigenvalue weighted by atomic mass is 16.7. The van der Waals surface area contributed by atoms with Gasteiger partial charge in [0.05, 0.1) is 5.69 Å². The number of carbonyl (C=O) groups is 1. The fraction of sp³-hybridized carbons (Fsp3) is 0.500. The van der Waals surface area contributed by atoms with Crippen molar-refractivity contribution in [3.05, 3.63) is 30.3 Å². The van der Waals surface area contributed by atoms with Gasteiger partial charge in [0.1, 0.15) is 0 Å². The standard InChI is InChI=1S/C14H21NO2/c1-2-3-4-5-9-12-14(16)17-15-13-10-7-6-8-11-13/h6-8,10-11,15H,2-5,9,12H2,1H3. The molecular formula is C14H21NO2. The van der Waals surface area contributed by atoms with Gasteiger partial charge in [-0.15, -0.1) is 0 Å². The van der Waals surface area contributed by atoms with Crippen LogP contribution in [0.2, 0.25) is 0 Å². The zero-order valence-corrected chi connectivity index (χ0v) is 10.4. The van der Waals surface area contributed by atoms with Crippen molar-refractivity contribution in [1.82, 2.24) is 0 Å². The molecule has 0 amide bonds. The second kappa shape index (κ2) is 8.62. The minimum absolute atomic E-state index is 0.189. The Bertz CT molecular complexity index is 311. The van der Waals surface area contributed by atoms with Gasteiger partial charge >= 0.3 is 5.97 Å². The quantitative estimate of drug-likeness (QED) is 0.548. The van der Waals surface area contributed by atoms with Crippen LogP contribution in [-0.2, 0) is 9.63 Å². The summed E-state index contributed by atoms with van der Waals surface area (Å²) in [5, 5.41) is 0. The molecule has 1 rings (SSSR count). The summed E-state index contributed by atoms with van der Waals surface area (Å²) in [6.45, 7) is 2.18. The van der Waals surface area contributed by atoms with Gasteiger partial charge < -0.3 is 4.84 Å². The second-order valence-electron chi connectivity index (χ2n) is 4.11. The summed E-state index contributed by atoms with van der Waals surface area (Å²) in [5.41, 5.74) is 3.44. The van der Waals surface area contributed by atoms with Crippen molar-refractivity contribution in [3.8, 4) is 0 Å². The minimum atomic E-state index is -0.189. The van der Waals surface area contributed by atoms with Crippen LogP contribution in [-0.4, -0.2) is 5.97 Å². The summed E-state index contributed by atoms with van der Waals surface area (Å²) in [4.78, 5) is 16.3. The molecule has 3 nitrogen and oxygen atoms in total. The van der Waals surface area contributed by atoms with Gasteiger partial charge in [-0.2, -0.15) is 0 Å². The van der Waals surface area contributed by atoms with E-state index in [1.54, 1.807) is 0 Å². The smallest absolute Gasteiger partial charge is 0.332 e. The molecule has 3 heteroatoms. The van der Waals surface area contributed by atoms with Crippen molar-refractivity contribution in [2.24, 2.45) is 0 Å². The van der Waals surface area contributed by atoms with Crippen molar-refractivity contribution < 1.29 is 9.63 Å². The first kappa shape index (κ1) is 13.6. The fourth-order valence-corrected chi connectivity index (χ4v) is 1.55. The number of anilines is 1. The number of unbranched alkanes of at least 4 members (excludes halogenated alkanes) is 4. The van der Waals surface area contributed by atoms with Crippen LogP contribution in [0.5, 0.6) is 0 Å². The van der Waals surface area contributed by atoms with Crippen LogP contribution < -0.4 is 5.48 Å². The van der Waals surface area contributed by atoms with E-state index in [1.165, 1.54) is 19.3 Å². The number of hydrogen-bond donors (Lipinski definition) is 1. The molecule has 1 aromatic carbocycles. The molecule has 0 saturated heterocycles. The molecule has 94 valence electrons. The van der Waals surface area contributed by atoms with E-state index in [0.717, 1.165) is 18.5 Å². The highest BCUT2D eigenvalue weighted by Gasteiger charge is 2.02. The van der Waals surface area contributed by atoms with E-state index < -0.39 is 0 Å². The van der Waals surface area contributed by atoms with Crippen LogP contribution in [0.25, 0.3) is 0 Å². The highest BCUT2D eigenvalue weighted by molar-refractivity contribution is 5.70. The predicted molar refractivity (Wildman–Crippen MR) is 69.5 cm³/mol. The Balaban J connectivity index is 2.05. The van der Waals surface area contributed by atoms with Gasteiger partial charge in [0.15, 0.2) is 0 Å². The lowest BCUT2D eigenvalue weighted by atomic mass is 10.1. The van der Waals surface area contributed by atoms with E-state index in [2.05, 4.69) is 12.4 Å². The van der Waals surface area contributed by atoms with E-state index in [0.29, 0.717) is 6.42 Å². The third kappa shape index (κ3) is 6.61. The normalized spacial score (nSPS) is 9.94. The molecule has 1 N–H and O–H groups in total. The van der Waals surface area contributed by atoms with Gasteiger partial charge in [-0.3, -0.25) is 0 Å². The number of hydrogen-bond acceptors (Lipinski definition) is 3. The first-order valence-electron chi connectivity index (χ1n) is 6.33. The summed E-state index contributed by atoms with van der Waals surface area (Å²) >= 11 is 0. The minimum Gasteiger partial charge on any atom is -0.343 e. The monoisotopic (exact) mass is 235 g/mol. The topological polar surface area (TPSA) is 38.3 Å². The van der Waals surface area contributed by atoms with Crippen LogP contribution in [0.1, 0.15) is 45.4 Å². The number of para-hydroxylation sites is 1. The van der Waals surface area contributed by atoms with Crippen molar-refractivity contribution in [1.29, 1.82) is 0 Å². The average molecular weight is 235 g/mol. The Kier molecular flexibility index (Phi) is 6.87. The zero-order valence-electron chi connectivity index (χ0n) is 10.4. The molecule has 0 fully saturated rings. The molecule has 0 radical (unpaired) electrons. The number of carbonyl (C=O) groups excluding carboxylic acids is 1. The molecule has 0 bridgehead atoms. The molecule has 0 aliphatic rings. The van der Waals surface area contributed by atoms with Gasteiger partial charge in [0, 0.05) is 6.42 Å². The molecule has 0 spiro atoms. The second-order valence-corrected chi connectivity index (χ2v) is 4.11. The van der Waals surface area contributed by atoms with E-state index >= 15 is 0 Å². The first-order valence-corrected chi connectivity index (χ1v) is 6.33. The van der Waals surface area contributed by atoms with Crippen LogP contribution in [0.15, 0.2) is 30.3 Å². The van der Waals surface area contributed by atoms with Crippen molar-refractivity contribution in [2.45, 2.75) is 45.4 Å². The summed E-state index contributed by atoms with van der Waals surface area (Å²) in [6, 6.07) is 9.41. The maximum Gasteiger partial charge on any atom is 0.332 e. The highest BCUT2D eigenvalue weighted by Crippen LogP contribution is 2.08. The van der Waals surface area contributed by atoms with Crippen molar-refractivity contribution >= 4 is 11.7 Å². The Morgan fingerprint density at radius 1 is 1.12 bits per heavy atom. The van der Waals surface area contributed by atoms with Crippen LogP contribution in [0, 0.1) is 0 Å². The third-order valence-corrected chi connectivity index (χ3v) is 2.54. The first-order chi connectivity index (χ1) is 8.33. The van der Waals surface area contributed by atoms with Crippen LogP contribution in [0.3, 0.4) is 0 Å². The van der Waals surface area contributed by atoms with E-state index in [-0.39, 0.29) is 5.97 Å². The lowest BCUT2D eigenvalue weighted by Gasteiger charge is -2.06. The zero-order chi connectivity index (χ0) is 12.3. The van der Waals surface area contributed by atoms with Gasteiger partial charge in [-0.05, 0) is 18.6 Å². The molecule has 0 heterocycles. The summed E-state index contributed by atoms with van der Waals surface area (Å²) in [7, 11) is 0. The molecule has 0 aromatic heterocycles. The molecular weight excluding hydrogens is 214 g/mol. The Morgan fingerprint density at radius 3 is 2.53 bits per heavy atom. The SMILES string of the molecule is CCCCCCCC(=O)ONc1ccccc1. The summed E-state index contributed by atoms with van der Waals surface area (Å²) < 4.78 is 0. The lowest BCUT2D eigenvalue weighted by molar-refractivity contribution is -0.140.